The van der Waals surface area contributed by atoms with Crippen LogP contribution in [0.5, 0.6) is 0 Å². The van der Waals surface area contributed by atoms with E-state index in [1.54, 1.807) is 12.4 Å². The Morgan fingerprint density at radius 1 is 1.07 bits per heavy atom. The zero-order valence-electron chi connectivity index (χ0n) is 17.6. The summed E-state index contributed by atoms with van der Waals surface area (Å²) < 4.78 is 5.86. The number of pyridine rings is 1. The highest BCUT2D eigenvalue weighted by Gasteiger charge is 2.37. The number of rotatable bonds is 8. The summed E-state index contributed by atoms with van der Waals surface area (Å²) in [5, 5.41) is 0. The maximum Gasteiger partial charge on any atom is 0.306 e. The van der Waals surface area contributed by atoms with E-state index in [1.807, 2.05) is 69.0 Å². The molecule has 0 radical (unpaired) electrons. The number of ether oxygens (including phenoxy) is 1. The molecule has 1 aromatic heterocycles. The van der Waals surface area contributed by atoms with Crippen LogP contribution in [0.25, 0.3) is 0 Å². The smallest absolute Gasteiger partial charge is 0.306 e. The molecular weight excluding hydrogens is 432 g/mol. The fraction of sp³-hybridized carbons (Fsp3) is 0.435. The Kier molecular flexibility index (Phi) is 8.38. The van der Waals surface area contributed by atoms with Crippen LogP contribution >= 0.6 is 15.9 Å². The van der Waals surface area contributed by atoms with Gasteiger partial charge in [0.15, 0.2) is 0 Å². The van der Waals surface area contributed by atoms with E-state index in [0.29, 0.717) is 0 Å². The van der Waals surface area contributed by atoms with Crippen LogP contribution in [0.15, 0.2) is 53.3 Å². The standard InChI is InChI=1S/C23H29BrN2O3/c1-15(2)26(16(3)4)23(28)22(18-9-7-11-25-14-18)20(13-21(27)29-5)17-8-6-10-19(24)12-17/h6-12,14-16,20,22H,13H2,1-5H3. The van der Waals surface area contributed by atoms with E-state index in [2.05, 4.69) is 20.9 Å². The van der Waals surface area contributed by atoms with Crippen molar-refractivity contribution in [3.63, 3.8) is 0 Å². The third-order valence-electron chi connectivity index (χ3n) is 4.97. The van der Waals surface area contributed by atoms with Crippen LogP contribution in [0.2, 0.25) is 0 Å². The minimum atomic E-state index is -0.554. The monoisotopic (exact) mass is 460 g/mol. The van der Waals surface area contributed by atoms with Gasteiger partial charge in [-0.2, -0.15) is 0 Å². The van der Waals surface area contributed by atoms with Gasteiger partial charge in [-0.15, -0.1) is 0 Å². The molecule has 156 valence electrons. The Labute approximate surface area is 181 Å². The van der Waals surface area contributed by atoms with Crippen LogP contribution in [0.1, 0.15) is 57.1 Å². The number of amides is 1. The van der Waals surface area contributed by atoms with E-state index in [9.17, 15) is 9.59 Å². The Hall–Kier alpha value is -2.21. The van der Waals surface area contributed by atoms with Crippen LogP contribution in [0.4, 0.5) is 0 Å². The Bertz CT molecular complexity index is 816. The summed E-state index contributed by atoms with van der Waals surface area (Å²) in [7, 11) is 1.37. The summed E-state index contributed by atoms with van der Waals surface area (Å²) in [5.74, 6) is -1.30. The van der Waals surface area contributed by atoms with Gasteiger partial charge in [0.25, 0.3) is 0 Å². The predicted octanol–water partition coefficient (Wildman–Crippen LogP) is 4.92. The summed E-state index contributed by atoms with van der Waals surface area (Å²) in [6.07, 6.45) is 3.49. The Morgan fingerprint density at radius 3 is 2.24 bits per heavy atom. The molecule has 6 heteroatoms. The summed E-state index contributed by atoms with van der Waals surface area (Å²) >= 11 is 3.51. The van der Waals surface area contributed by atoms with E-state index in [1.165, 1.54) is 7.11 Å². The zero-order chi connectivity index (χ0) is 21.6. The van der Waals surface area contributed by atoms with Crippen LogP contribution in [-0.2, 0) is 14.3 Å². The number of benzene rings is 1. The lowest BCUT2D eigenvalue weighted by Crippen LogP contribution is -2.46. The molecule has 0 saturated carbocycles. The zero-order valence-corrected chi connectivity index (χ0v) is 19.2. The largest absolute Gasteiger partial charge is 0.469 e. The summed E-state index contributed by atoms with van der Waals surface area (Å²) in [6.45, 7) is 8.03. The van der Waals surface area contributed by atoms with E-state index in [0.717, 1.165) is 15.6 Å². The van der Waals surface area contributed by atoms with Crippen molar-refractivity contribution in [3.8, 4) is 0 Å². The van der Waals surface area contributed by atoms with Crippen LogP contribution in [-0.4, -0.2) is 41.0 Å². The van der Waals surface area contributed by atoms with Gasteiger partial charge in [-0.1, -0.05) is 34.1 Å². The lowest BCUT2D eigenvalue weighted by atomic mass is 9.78. The van der Waals surface area contributed by atoms with Crippen molar-refractivity contribution in [1.29, 1.82) is 0 Å². The summed E-state index contributed by atoms with van der Waals surface area (Å²) in [4.78, 5) is 32.2. The molecule has 2 unspecified atom stereocenters. The van der Waals surface area contributed by atoms with Gasteiger partial charge in [0.2, 0.25) is 5.91 Å². The van der Waals surface area contributed by atoms with Gasteiger partial charge in [0.05, 0.1) is 19.4 Å². The molecule has 0 spiro atoms. The number of nitrogens with zero attached hydrogens (tertiary/aromatic N) is 2. The van der Waals surface area contributed by atoms with Crippen molar-refractivity contribution in [2.75, 3.05) is 7.11 Å². The van der Waals surface area contributed by atoms with E-state index < -0.39 is 5.92 Å². The highest BCUT2D eigenvalue weighted by atomic mass is 79.9. The van der Waals surface area contributed by atoms with E-state index in [4.69, 9.17) is 4.74 Å². The molecule has 0 aliphatic heterocycles. The van der Waals surface area contributed by atoms with Crippen LogP contribution < -0.4 is 0 Å². The van der Waals surface area contributed by atoms with E-state index in [-0.39, 0.29) is 36.3 Å². The second-order valence-electron chi connectivity index (χ2n) is 7.64. The maximum atomic E-state index is 13.8. The lowest BCUT2D eigenvalue weighted by Gasteiger charge is -2.37. The predicted molar refractivity (Wildman–Crippen MR) is 118 cm³/mol. The van der Waals surface area contributed by atoms with Gasteiger partial charge in [-0.3, -0.25) is 14.6 Å². The van der Waals surface area contributed by atoms with Gasteiger partial charge >= 0.3 is 5.97 Å². The van der Waals surface area contributed by atoms with Crippen molar-refractivity contribution in [2.45, 2.75) is 58.0 Å². The molecule has 0 N–H and O–H groups in total. The summed E-state index contributed by atoms with van der Waals surface area (Å²) in [5.41, 5.74) is 1.69. The van der Waals surface area contributed by atoms with Crippen molar-refractivity contribution in [1.82, 2.24) is 9.88 Å². The maximum absolute atomic E-state index is 13.8. The second-order valence-corrected chi connectivity index (χ2v) is 8.55. The minimum Gasteiger partial charge on any atom is -0.469 e. The molecular formula is C23H29BrN2O3. The average molecular weight is 461 g/mol. The molecule has 2 rings (SSSR count). The molecule has 0 aliphatic carbocycles. The quantitative estimate of drug-likeness (QED) is 0.524. The van der Waals surface area contributed by atoms with Gasteiger partial charge < -0.3 is 9.64 Å². The number of carbonyl (C=O) groups is 2. The van der Waals surface area contributed by atoms with Gasteiger partial charge in [-0.05, 0) is 57.0 Å². The normalized spacial score (nSPS) is 13.2. The molecule has 1 heterocycles. The molecule has 2 aromatic rings. The number of hydrogen-bond donors (Lipinski definition) is 0. The number of halogens is 1. The molecule has 0 aliphatic rings. The minimum absolute atomic E-state index is 0.0168. The van der Waals surface area contributed by atoms with Crippen LogP contribution in [0, 0.1) is 0 Å². The fourth-order valence-corrected chi connectivity index (χ4v) is 4.22. The number of aromatic nitrogens is 1. The van der Waals surface area contributed by atoms with Gasteiger partial charge in [0, 0.05) is 34.9 Å². The number of carbonyl (C=O) groups excluding carboxylic acids is 2. The molecule has 29 heavy (non-hydrogen) atoms. The first-order valence-corrected chi connectivity index (χ1v) is 10.6. The van der Waals surface area contributed by atoms with Crippen molar-refractivity contribution >= 4 is 27.8 Å². The lowest BCUT2D eigenvalue weighted by molar-refractivity contribution is -0.142. The Morgan fingerprint density at radius 2 is 1.72 bits per heavy atom. The van der Waals surface area contributed by atoms with Crippen LogP contribution in [0.3, 0.4) is 0 Å². The highest BCUT2D eigenvalue weighted by Crippen LogP contribution is 2.39. The van der Waals surface area contributed by atoms with Crippen molar-refractivity contribution in [2.24, 2.45) is 0 Å². The van der Waals surface area contributed by atoms with Gasteiger partial charge in [-0.25, -0.2) is 0 Å². The first-order chi connectivity index (χ1) is 13.8. The molecule has 0 fully saturated rings. The SMILES string of the molecule is COC(=O)CC(c1cccc(Br)c1)C(C(=O)N(C(C)C)C(C)C)c1cccnc1. The molecule has 2 atom stereocenters. The first kappa shape index (κ1) is 23.1. The molecule has 5 nitrogen and oxygen atoms in total. The van der Waals surface area contributed by atoms with Gasteiger partial charge in [0.1, 0.15) is 0 Å². The third kappa shape index (κ3) is 5.89. The summed E-state index contributed by atoms with van der Waals surface area (Å²) in [6, 6.07) is 11.5. The number of esters is 1. The second kappa shape index (κ2) is 10.5. The fourth-order valence-electron chi connectivity index (χ4n) is 3.80. The van der Waals surface area contributed by atoms with E-state index >= 15 is 0 Å². The molecule has 0 saturated heterocycles. The molecule has 1 amide bonds. The van der Waals surface area contributed by atoms with Crippen molar-refractivity contribution < 1.29 is 14.3 Å². The number of hydrogen-bond acceptors (Lipinski definition) is 4. The first-order valence-electron chi connectivity index (χ1n) is 9.80. The molecule has 0 bridgehead atoms. The molecule has 1 aromatic carbocycles. The third-order valence-corrected chi connectivity index (χ3v) is 5.46. The average Bonchev–Trinajstić information content (AvgIpc) is 2.67. The van der Waals surface area contributed by atoms with Crippen molar-refractivity contribution in [3.05, 3.63) is 64.4 Å². The highest BCUT2D eigenvalue weighted by molar-refractivity contribution is 9.10. The Balaban J connectivity index is 2.63. The number of methoxy groups -OCH3 is 1. The topological polar surface area (TPSA) is 59.5 Å².